The molecule has 6 heterocycles. The second-order valence-corrected chi connectivity index (χ2v) is 22.9. The fraction of sp³-hybridized carbons (Fsp3) is 0.610. The van der Waals surface area contributed by atoms with Gasteiger partial charge in [-0.1, -0.05) is 30.7 Å². The number of piperazine rings is 1. The number of amides is 7. The van der Waals surface area contributed by atoms with Crippen molar-refractivity contribution in [2.24, 2.45) is 11.7 Å². The Morgan fingerprint density at radius 1 is 0.695 bits per heavy atom. The van der Waals surface area contributed by atoms with Gasteiger partial charge in [-0.25, -0.2) is 9.48 Å². The van der Waals surface area contributed by atoms with Crippen LogP contribution in [0.3, 0.4) is 0 Å². The minimum atomic E-state index is -0.530. The lowest BCUT2D eigenvalue weighted by atomic mass is 9.87. The third-order valence-corrected chi connectivity index (χ3v) is 17.3. The molecule has 1 aromatic heterocycles. The first-order chi connectivity index (χ1) is 40.1. The van der Waals surface area contributed by atoms with E-state index in [2.05, 4.69) is 41.7 Å². The van der Waals surface area contributed by atoms with E-state index in [1.165, 1.54) is 0 Å². The highest BCUT2D eigenvalue weighted by Gasteiger charge is 2.42. The van der Waals surface area contributed by atoms with Crippen molar-refractivity contribution in [2.75, 3.05) is 129 Å². The summed E-state index contributed by atoms with van der Waals surface area (Å²) in [6.07, 6.45) is 12.0. The molecule has 448 valence electrons. The van der Waals surface area contributed by atoms with Gasteiger partial charge in [0.2, 0.25) is 23.6 Å². The Morgan fingerprint density at radius 2 is 1.32 bits per heavy atom. The van der Waals surface area contributed by atoms with Crippen molar-refractivity contribution in [1.29, 1.82) is 0 Å². The molecule has 0 bridgehead atoms. The van der Waals surface area contributed by atoms with Crippen molar-refractivity contribution < 1.29 is 47.7 Å². The zero-order valence-corrected chi connectivity index (χ0v) is 48.3. The lowest BCUT2D eigenvalue weighted by molar-refractivity contribution is -0.127. The summed E-state index contributed by atoms with van der Waals surface area (Å²) in [5.41, 5.74) is 7.68. The largest absolute Gasteiger partial charge is 0.457 e. The van der Waals surface area contributed by atoms with E-state index in [0.717, 1.165) is 94.7 Å². The molecule has 0 aliphatic carbocycles. The lowest BCUT2D eigenvalue weighted by Gasteiger charge is -2.38. The predicted molar refractivity (Wildman–Crippen MR) is 315 cm³/mol. The average Bonchev–Trinajstić information content (AvgIpc) is 3.83. The normalized spacial score (nSPS) is 20.1. The van der Waals surface area contributed by atoms with Crippen LogP contribution in [0.5, 0.6) is 11.5 Å². The molecule has 0 saturated carbocycles. The van der Waals surface area contributed by atoms with Gasteiger partial charge >= 0.3 is 6.03 Å². The number of urea groups is 1. The highest BCUT2D eigenvalue weighted by atomic mass is 32.2. The standard InChI is InChI=1S/C59H86N12O10S/c60-57(76)54-55(44-17-19-46(20-18-44)81-45-10-2-1-3-11-45)67-71-48(21-26-64-58(54)71)43-22-29-70(30-23-43)53(75)16-7-28-68-32-34-69(35-33-68)31-27-63-52(74)15-6-14-51(73)62-25-9-37-79-39-41-80-40-38-78-36-8-24-61-50(72)13-5-4-12-49-56-47(42-82-49)65-59(77)66-56/h1-3,7,10-11,16-20,43,47-49,56,64H,4-6,8-9,12-15,21-42H2,(H2,60,76)(H,61,72)(H,62,73)(H,63,74)(H2,65,66,77)/t47-,48+,49-,56-/m1/s1. The van der Waals surface area contributed by atoms with E-state index in [1.54, 1.807) is 6.08 Å². The molecule has 23 heteroatoms. The number of hydrogen-bond donors (Lipinski definition) is 7. The first-order valence-corrected chi connectivity index (χ1v) is 30.7. The monoisotopic (exact) mass is 1150 g/mol. The molecule has 2 aromatic carbocycles. The van der Waals surface area contributed by atoms with Crippen molar-refractivity contribution in [3.63, 3.8) is 0 Å². The summed E-state index contributed by atoms with van der Waals surface area (Å²) < 4.78 is 24.7. The molecule has 5 aliphatic heterocycles. The van der Waals surface area contributed by atoms with Crippen molar-refractivity contribution >= 4 is 53.1 Å². The number of fused-ring (bicyclic) bond motifs is 2. The van der Waals surface area contributed by atoms with Gasteiger partial charge in [0.05, 0.1) is 44.6 Å². The van der Waals surface area contributed by atoms with E-state index < -0.39 is 5.91 Å². The Labute approximate surface area is 486 Å². The smallest absolute Gasteiger partial charge is 0.315 e. The Balaban J connectivity index is 0.576. The van der Waals surface area contributed by atoms with Crippen molar-refractivity contribution in [3.8, 4) is 22.8 Å². The highest BCUT2D eigenvalue weighted by molar-refractivity contribution is 8.00. The molecule has 7 amide bonds. The molecular formula is C59H86N12O10S. The molecule has 82 heavy (non-hydrogen) atoms. The quantitative estimate of drug-likeness (QED) is 0.0250. The zero-order valence-electron chi connectivity index (χ0n) is 47.5. The van der Waals surface area contributed by atoms with Gasteiger partial charge in [0, 0.05) is 134 Å². The number of carbonyl (C=O) groups excluding carboxylic acids is 6. The molecule has 4 fully saturated rings. The number of para-hydroxylation sites is 1. The van der Waals surface area contributed by atoms with Crippen LogP contribution in [-0.2, 0) is 33.4 Å². The summed E-state index contributed by atoms with van der Waals surface area (Å²) in [5, 5.41) is 23.6. The number of anilines is 1. The molecular weight excluding hydrogens is 1070 g/mol. The summed E-state index contributed by atoms with van der Waals surface area (Å²) in [4.78, 5) is 81.2. The number of primary amides is 1. The van der Waals surface area contributed by atoms with Crippen LogP contribution in [0.4, 0.5) is 10.6 Å². The number of benzene rings is 2. The number of thioether (sulfide) groups is 1. The first-order valence-electron chi connectivity index (χ1n) is 29.7. The maximum Gasteiger partial charge on any atom is 0.315 e. The number of nitrogens with one attached hydrogen (secondary N) is 6. The van der Waals surface area contributed by atoms with Gasteiger partial charge in [0.15, 0.2) is 0 Å². The van der Waals surface area contributed by atoms with E-state index in [-0.39, 0.29) is 47.8 Å². The van der Waals surface area contributed by atoms with E-state index in [9.17, 15) is 28.8 Å². The summed E-state index contributed by atoms with van der Waals surface area (Å²) in [6.45, 7) is 11.5. The van der Waals surface area contributed by atoms with Gasteiger partial charge in [-0.05, 0) is 93.7 Å². The van der Waals surface area contributed by atoms with E-state index in [4.69, 9.17) is 29.8 Å². The lowest BCUT2D eigenvalue weighted by Crippen LogP contribution is -2.48. The van der Waals surface area contributed by atoms with Gasteiger partial charge in [-0.2, -0.15) is 16.9 Å². The highest BCUT2D eigenvalue weighted by Crippen LogP contribution is 2.40. The molecule has 0 unspecified atom stereocenters. The third-order valence-electron chi connectivity index (χ3n) is 15.8. The third kappa shape index (κ3) is 19.4. The average molecular weight is 1160 g/mol. The summed E-state index contributed by atoms with van der Waals surface area (Å²) >= 11 is 1.90. The molecule has 22 nitrogen and oxygen atoms in total. The van der Waals surface area contributed by atoms with E-state index >= 15 is 0 Å². The maximum absolute atomic E-state index is 13.3. The van der Waals surface area contributed by atoms with Crippen molar-refractivity contribution in [1.82, 2.24) is 51.1 Å². The van der Waals surface area contributed by atoms with Gasteiger partial charge in [-0.15, -0.1) is 0 Å². The fourth-order valence-electron chi connectivity index (χ4n) is 11.2. The number of likely N-dealkylation sites (tertiary alicyclic amines) is 1. The van der Waals surface area contributed by atoms with Gasteiger partial charge in [-0.3, -0.25) is 33.8 Å². The number of nitrogens with zero attached hydrogens (tertiary/aromatic N) is 5. The Morgan fingerprint density at radius 3 is 1.99 bits per heavy atom. The van der Waals surface area contributed by atoms with Crippen LogP contribution in [0.1, 0.15) is 93.4 Å². The SMILES string of the molecule is NC(=O)c1c(-c2ccc(Oc3ccccc3)cc2)nn2c1NCC[C@H]2C1CCN(C(=O)C=CCN2CCN(CCNC(=O)CCCC(=O)NCCCOCCOCCOCCCNC(=O)CCCC[C@H]3SC[C@H]4NC(=O)N[C@H]43)CC2)CC1. The molecule has 3 aromatic rings. The molecule has 0 spiro atoms. The van der Waals surface area contributed by atoms with Crippen LogP contribution < -0.4 is 42.4 Å². The van der Waals surface area contributed by atoms with Crippen LogP contribution in [0.15, 0.2) is 66.7 Å². The summed E-state index contributed by atoms with van der Waals surface area (Å²) in [5.74, 6) is 2.75. The topological polar surface area (TPSA) is 265 Å². The molecule has 4 saturated heterocycles. The summed E-state index contributed by atoms with van der Waals surface area (Å²) in [6, 6.07) is 17.5. The minimum absolute atomic E-state index is 0.0284. The van der Waals surface area contributed by atoms with Crippen LogP contribution in [0.25, 0.3) is 11.3 Å². The molecule has 4 atom stereocenters. The number of hydrogen-bond acceptors (Lipinski definition) is 15. The number of carbonyl (C=O) groups is 6. The molecule has 5 aliphatic rings. The maximum atomic E-state index is 13.3. The Bertz CT molecular complexity index is 2540. The predicted octanol–water partition coefficient (Wildman–Crippen LogP) is 4.29. The number of nitrogens with two attached hydrogens (primary N) is 1. The second kappa shape index (κ2) is 33.2. The van der Waals surface area contributed by atoms with E-state index in [1.807, 2.05) is 82.0 Å². The number of unbranched alkanes of at least 4 members (excludes halogenated alkanes) is 1. The van der Waals surface area contributed by atoms with Crippen LogP contribution >= 0.6 is 11.8 Å². The van der Waals surface area contributed by atoms with Crippen LogP contribution in [0.2, 0.25) is 0 Å². The number of aromatic nitrogens is 2. The number of piperidine rings is 1. The second-order valence-electron chi connectivity index (χ2n) is 21.6. The fourth-order valence-corrected chi connectivity index (χ4v) is 12.8. The van der Waals surface area contributed by atoms with Crippen molar-refractivity contribution in [3.05, 3.63) is 72.3 Å². The van der Waals surface area contributed by atoms with Crippen molar-refractivity contribution in [2.45, 2.75) is 100 Å². The van der Waals surface area contributed by atoms with Gasteiger partial charge in [0.1, 0.15) is 28.6 Å². The van der Waals surface area contributed by atoms with Crippen LogP contribution in [0, 0.1) is 5.92 Å². The molecule has 0 radical (unpaired) electrons. The van der Waals surface area contributed by atoms with Crippen LogP contribution in [-0.4, -0.2) is 201 Å². The van der Waals surface area contributed by atoms with E-state index in [0.29, 0.717) is 152 Å². The zero-order chi connectivity index (χ0) is 57.3. The number of rotatable bonds is 34. The van der Waals surface area contributed by atoms with Gasteiger partial charge < -0.3 is 61.5 Å². The first kappa shape index (κ1) is 61.8. The number of ether oxygens (including phenoxy) is 4. The molecule has 8 N–H and O–H groups in total. The van der Waals surface area contributed by atoms with Gasteiger partial charge in [0.25, 0.3) is 5.91 Å². The Hall–Kier alpha value is -6.24. The molecule has 8 rings (SSSR count). The minimum Gasteiger partial charge on any atom is -0.457 e. The summed E-state index contributed by atoms with van der Waals surface area (Å²) in [7, 11) is 0. The Kier molecular flexibility index (Phi) is 25.0.